The number of aliphatic hydroxyl groups is 1. The lowest BCUT2D eigenvalue weighted by Crippen LogP contribution is -2.45. The van der Waals surface area contributed by atoms with Gasteiger partial charge in [0.25, 0.3) is 0 Å². The van der Waals surface area contributed by atoms with Crippen LogP contribution < -0.4 is 11.1 Å². The SMILES string of the molecule is NC(CC1CCCCC1)C(=O)NCC1CCCCC1O. The highest BCUT2D eigenvalue weighted by Crippen LogP contribution is 2.27. The van der Waals surface area contributed by atoms with Gasteiger partial charge in [0.05, 0.1) is 12.1 Å². The van der Waals surface area contributed by atoms with Gasteiger partial charge in [-0.15, -0.1) is 0 Å². The molecule has 3 unspecified atom stereocenters. The van der Waals surface area contributed by atoms with Gasteiger partial charge < -0.3 is 16.2 Å². The molecule has 0 aliphatic heterocycles. The van der Waals surface area contributed by atoms with E-state index < -0.39 is 0 Å². The summed E-state index contributed by atoms with van der Waals surface area (Å²) in [5.74, 6) is 0.813. The number of rotatable bonds is 5. The summed E-state index contributed by atoms with van der Waals surface area (Å²) < 4.78 is 0. The molecule has 2 fully saturated rings. The van der Waals surface area contributed by atoms with Gasteiger partial charge in [0, 0.05) is 12.5 Å². The quantitative estimate of drug-likeness (QED) is 0.721. The van der Waals surface area contributed by atoms with Gasteiger partial charge in [-0.1, -0.05) is 44.9 Å². The third-order valence-electron chi connectivity index (χ3n) is 5.06. The van der Waals surface area contributed by atoms with Crippen LogP contribution >= 0.6 is 0 Å². The summed E-state index contributed by atoms with van der Waals surface area (Å²) in [6, 6.07) is -0.376. The third kappa shape index (κ3) is 4.74. The Kier molecular flexibility index (Phi) is 6.30. The lowest BCUT2D eigenvalue weighted by atomic mass is 9.84. The van der Waals surface area contributed by atoms with Gasteiger partial charge in [0.2, 0.25) is 5.91 Å². The molecule has 0 aromatic heterocycles. The summed E-state index contributed by atoms with van der Waals surface area (Å²) in [7, 11) is 0. The Morgan fingerprint density at radius 2 is 1.75 bits per heavy atom. The van der Waals surface area contributed by atoms with Crippen molar-refractivity contribution in [3.05, 3.63) is 0 Å². The highest BCUT2D eigenvalue weighted by molar-refractivity contribution is 5.81. The molecule has 2 rings (SSSR count). The van der Waals surface area contributed by atoms with Crippen LogP contribution in [0, 0.1) is 11.8 Å². The predicted octanol–water partition coefficient (Wildman–Crippen LogP) is 1.95. The Balaban J connectivity index is 1.67. The van der Waals surface area contributed by atoms with Crippen LogP contribution in [0.3, 0.4) is 0 Å². The average molecular weight is 282 g/mol. The first kappa shape index (κ1) is 15.8. The molecule has 0 heterocycles. The van der Waals surface area contributed by atoms with Crippen LogP contribution in [0.5, 0.6) is 0 Å². The molecule has 2 saturated carbocycles. The lowest BCUT2D eigenvalue weighted by Gasteiger charge is -2.28. The maximum atomic E-state index is 12.0. The van der Waals surface area contributed by atoms with Gasteiger partial charge in [0.15, 0.2) is 0 Å². The standard InChI is InChI=1S/C16H30N2O2/c17-14(10-12-6-2-1-3-7-12)16(20)18-11-13-8-4-5-9-15(13)19/h12-15,19H,1-11,17H2,(H,18,20). The predicted molar refractivity (Wildman–Crippen MR) is 80.1 cm³/mol. The van der Waals surface area contributed by atoms with E-state index in [1.54, 1.807) is 0 Å². The van der Waals surface area contributed by atoms with Crippen molar-refractivity contribution in [2.75, 3.05) is 6.54 Å². The van der Waals surface area contributed by atoms with Gasteiger partial charge >= 0.3 is 0 Å². The number of carbonyl (C=O) groups excluding carboxylic acids is 1. The summed E-state index contributed by atoms with van der Waals surface area (Å²) >= 11 is 0. The highest BCUT2D eigenvalue weighted by Gasteiger charge is 2.25. The first-order valence-electron chi connectivity index (χ1n) is 8.38. The van der Waals surface area contributed by atoms with Crippen molar-refractivity contribution in [2.24, 2.45) is 17.6 Å². The molecule has 3 atom stereocenters. The summed E-state index contributed by atoms with van der Waals surface area (Å²) in [5.41, 5.74) is 6.02. The molecule has 1 amide bonds. The van der Waals surface area contributed by atoms with Crippen molar-refractivity contribution >= 4 is 5.91 Å². The molecule has 0 spiro atoms. The summed E-state index contributed by atoms with van der Waals surface area (Å²) in [5, 5.41) is 12.8. The Bertz CT molecular complexity index is 303. The zero-order valence-corrected chi connectivity index (χ0v) is 12.5. The largest absolute Gasteiger partial charge is 0.393 e. The van der Waals surface area contributed by atoms with Gasteiger partial charge in [-0.05, 0) is 25.2 Å². The van der Waals surface area contributed by atoms with Crippen LogP contribution in [0.4, 0.5) is 0 Å². The van der Waals surface area contributed by atoms with E-state index in [-0.39, 0.29) is 24.0 Å². The molecule has 4 heteroatoms. The molecule has 4 N–H and O–H groups in total. The minimum atomic E-state index is -0.376. The van der Waals surface area contributed by atoms with Crippen molar-refractivity contribution in [2.45, 2.75) is 76.4 Å². The number of nitrogens with two attached hydrogens (primary N) is 1. The smallest absolute Gasteiger partial charge is 0.236 e. The molecular formula is C16H30N2O2. The van der Waals surface area contributed by atoms with E-state index in [4.69, 9.17) is 5.73 Å². The molecule has 2 aliphatic carbocycles. The molecule has 0 aromatic carbocycles. The van der Waals surface area contributed by atoms with Crippen LogP contribution in [0.2, 0.25) is 0 Å². The second-order valence-corrected chi connectivity index (χ2v) is 6.70. The van der Waals surface area contributed by atoms with Crippen LogP contribution in [0.1, 0.15) is 64.2 Å². The molecule has 0 aromatic rings. The van der Waals surface area contributed by atoms with E-state index in [9.17, 15) is 9.90 Å². The first-order chi connectivity index (χ1) is 9.66. The van der Waals surface area contributed by atoms with Crippen LogP contribution in [-0.2, 0) is 4.79 Å². The molecule has 0 saturated heterocycles. The van der Waals surface area contributed by atoms with Crippen LogP contribution in [0.25, 0.3) is 0 Å². The van der Waals surface area contributed by atoms with E-state index in [2.05, 4.69) is 5.32 Å². The maximum Gasteiger partial charge on any atom is 0.236 e. The molecular weight excluding hydrogens is 252 g/mol. The number of hydrogen-bond donors (Lipinski definition) is 3. The second kappa shape index (κ2) is 7.99. The molecule has 20 heavy (non-hydrogen) atoms. The van der Waals surface area contributed by atoms with Crippen LogP contribution in [0.15, 0.2) is 0 Å². The van der Waals surface area contributed by atoms with E-state index in [1.807, 2.05) is 0 Å². The second-order valence-electron chi connectivity index (χ2n) is 6.70. The number of aliphatic hydroxyl groups excluding tert-OH is 1. The zero-order chi connectivity index (χ0) is 14.4. The van der Waals surface area contributed by atoms with Crippen molar-refractivity contribution < 1.29 is 9.90 Å². The fourth-order valence-corrected chi connectivity index (χ4v) is 3.68. The fourth-order valence-electron chi connectivity index (χ4n) is 3.68. The van der Waals surface area contributed by atoms with Gasteiger partial charge in [-0.3, -0.25) is 4.79 Å². The number of amides is 1. The Labute approximate surface area is 122 Å². The molecule has 0 bridgehead atoms. The zero-order valence-electron chi connectivity index (χ0n) is 12.5. The summed E-state index contributed by atoms with van der Waals surface area (Å²) in [4.78, 5) is 12.0. The van der Waals surface area contributed by atoms with E-state index in [0.29, 0.717) is 12.5 Å². The Morgan fingerprint density at radius 1 is 1.10 bits per heavy atom. The first-order valence-corrected chi connectivity index (χ1v) is 8.38. The van der Waals surface area contributed by atoms with E-state index >= 15 is 0 Å². The topological polar surface area (TPSA) is 75.4 Å². The minimum absolute atomic E-state index is 0.0339. The number of hydrogen-bond acceptors (Lipinski definition) is 3. The summed E-state index contributed by atoms with van der Waals surface area (Å²) in [6.45, 7) is 0.582. The van der Waals surface area contributed by atoms with Gasteiger partial charge in [-0.25, -0.2) is 0 Å². The summed E-state index contributed by atoms with van der Waals surface area (Å²) in [6.07, 6.45) is 11.1. The molecule has 4 nitrogen and oxygen atoms in total. The van der Waals surface area contributed by atoms with Crippen molar-refractivity contribution in [1.29, 1.82) is 0 Å². The normalized spacial score (nSPS) is 29.9. The van der Waals surface area contributed by atoms with Crippen molar-refractivity contribution in [3.63, 3.8) is 0 Å². The Hall–Kier alpha value is -0.610. The maximum absolute atomic E-state index is 12.0. The molecule has 0 radical (unpaired) electrons. The highest BCUT2D eigenvalue weighted by atomic mass is 16.3. The van der Waals surface area contributed by atoms with Gasteiger partial charge in [0.1, 0.15) is 0 Å². The Morgan fingerprint density at radius 3 is 2.45 bits per heavy atom. The molecule has 2 aliphatic rings. The number of nitrogens with one attached hydrogen (secondary N) is 1. The fraction of sp³-hybridized carbons (Fsp3) is 0.938. The van der Waals surface area contributed by atoms with Crippen molar-refractivity contribution in [3.8, 4) is 0 Å². The third-order valence-corrected chi connectivity index (χ3v) is 5.06. The minimum Gasteiger partial charge on any atom is -0.393 e. The molecule has 116 valence electrons. The number of carbonyl (C=O) groups is 1. The monoisotopic (exact) mass is 282 g/mol. The van der Waals surface area contributed by atoms with Gasteiger partial charge in [-0.2, -0.15) is 0 Å². The van der Waals surface area contributed by atoms with E-state index in [0.717, 1.165) is 32.1 Å². The van der Waals surface area contributed by atoms with Crippen LogP contribution in [-0.4, -0.2) is 29.7 Å². The average Bonchev–Trinajstić information content (AvgIpc) is 2.47. The lowest BCUT2D eigenvalue weighted by molar-refractivity contribution is -0.123. The van der Waals surface area contributed by atoms with E-state index in [1.165, 1.54) is 32.1 Å². The van der Waals surface area contributed by atoms with Crippen molar-refractivity contribution in [1.82, 2.24) is 5.32 Å².